The van der Waals surface area contributed by atoms with Crippen molar-refractivity contribution < 1.29 is 9.72 Å². The van der Waals surface area contributed by atoms with Crippen LogP contribution in [0.1, 0.15) is 53.9 Å². The molecule has 0 spiro atoms. The van der Waals surface area contributed by atoms with Crippen LogP contribution >= 0.6 is 0 Å². The fraction of sp³-hybridized carbons (Fsp3) is 0.350. The van der Waals surface area contributed by atoms with Gasteiger partial charge in [-0.1, -0.05) is 60.7 Å². The van der Waals surface area contributed by atoms with E-state index in [0.717, 1.165) is 18.4 Å². The van der Waals surface area contributed by atoms with E-state index >= 15 is 0 Å². The van der Waals surface area contributed by atoms with Gasteiger partial charge < -0.3 is 0 Å². The van der Waals surface area contributed by atoms with E-state index in [0.29, 0.717) is 18.4 Å². The Bertz CT molecular complexity index is 706. The minimum absolute atomic E-state index is 0.0300. The smallest absolute Gasteiger partial charge is 0.229 e. The van der Waals surface area contributed by atoms with Gasteiger partial charge in [0.2, 0.25) is 5.54 Å². The Labute approximate surface area is 141 Å². The molecule has 0 N–H and O–H groups in total. The summed E-state index contributed by atoms with van der Waals surface area (Å²) in [6.07, 6.45) is 2.96. The maximum atomic E-state index is 12.7. The Morgan fingerprint density at radius 1 is 1.00 bits per heavy atom. The van der Waals surface area contributed by atoms with Crippen molar-refractivity contribution in [2.45, 2.75) is 43.6 Å². The van der Waals surface area contributed by atoms with Crippen molar-refractivity contribution in [3.63, 3.8) is 0 Å². The number of nitrogens with zero attached hydrogens (tertiary/aromatic N) is 1. The van der Waals surface area contributed by atoms with Gasteiger partial charge in [0, 0.05) is 29.7 Å². The first-order valence-electron chi connectivity index (χ1n) is 8.41. The summed E-state index contributed by atoms with van der Waals surface area (Å²) in [5.41, 5.74) is 0.488. The van der Waals surface area contributed by atoms with Gasteiger partial charge in [-0.2, -0.15) is 0 Å². The van der Waals surface area contributed by atoms with Crippen LogP contribution < -0.4 is 0 Å². The van der Waals surface area contributed by atoms with E-state index < -0.39 is 5.54 Å². The molecule has 124 valence electrons. The van der Waals surface area contributed by atoms with Crippen LogP contribution in [0.15, 0.2) is 60.7 Å². The van der Waals surface area contributed by atoms with Gasteiger partial charge in [-0.3, -0.25) is 14.9 Å². The van der Waals surface area contributed by atoms with E-state index in [2.05, 4.69) is 0 Å². The second-order valence-electron chi connectivity index (χ2n) is 6.52. The van der Waals surface area contributed by atoms with Gasteiger partial charge in [0.1, 0.15) is 0 Å². The Morgan fingerprint density at radius 3 is 2.08 bits per heavy atom. The molecule has 2 aromatic rings. The van der Waals surface area contributed by atoms with Crippen LogP contribution in [0.4, 0.5) is 0 Å². The molecular weight excluding hydrogens is 302 g/mol. The number of rotatable bonds is 6. The third-order valence-corrected chi connectivity index (χ3v) is 5.17. The zero-order valence-corrected chi connectivity index (χ0v) is 13.6. The van der Waals surface area contributed by atoms with Crippen LogP contribution in [0.3, 0.4) is 0 Å². The molecule has 2 aromatic carbocycles. The van der Waals surface area contributed by atoms with Crippen molar-refractivity contribution in [3.8, 4) is 0 Å². The van der Waals surface area contributed by atoms with Gasteiger partial charge in [-0.15, -0.1) is 0 Å². The third-order valence-electron chi connectivity index (χ3n) is 5.17. The number of carbonyl (C=O) groups excluding carboxylic acids is 1. The highest BCUT2D eigenvalue weighted by Gasteiger charge is 2.53. The fourth-order valence-electron chi connectivity index (χ4n) is 3.88. The van der Waals surface area contributed by atoms with E-state index in [1.807, 2.05) is 48.5 Å². The standard InChI is InChI=1S/C20H21NO3/c22-19(17-11-5-2-6-12-17)15-18(16-9-3-1-4-10-16)20(21(23)24)13-7-8-14-20/h1-6,9-12,18H,7-8,13-15H2. The highest BCUT2D eigenvalue weighted by Crippen LogP contribution is 2.45. The van der Waals surface area contributed by atoms with Crippen LogP contribution in [-0.4, -0.2) is 16.2 Å². The van der Waals surface area contributed by atoms with Gasteiger partial charge >= 0.3 is 0 Å². The second kappa shape index (κ2) is 6.95. The summed E-state index contributed by atoms with van der Waals surface area (Å²) in [6.45, 7) is 0. The molecule has 24 heavy (non-hydrogen) atoms. The van der Waals surface area contributed by atoms with Crippen molar-refractivity contribution in [3.05, 3.63) is 81.9 Å². The van der Waals surface area contributed by atoms with E-state index in [4.69, 9.17) is 0 Å². The van der Waals surface area contributed by atoms with Gasteiger partial charge in [0.05, 0.1) is 5.92 Å². The normalized spacial score (nSPS) is 17.3. The zero-order chi connectivity index (χ0) is 17.0. The molecule has 4 nitrogen and oxygen atoms in total. The first kappa shape index (κ1) is 16.4. The van der Waals surface area contributed by atoms with E-state index in [1.54, 1.807) is 12.1 Å². The quantitative estimate of drug-likeness (QED) is 0.442. The molecule has 3 rings (SSSR count). The highest BCUT2D eigenvalue weighted by molar-refractivity contribution is 5.96. The highest BCUT2D eigenvalue weighted by atomic mass is 16.6. The zero-order valence-electron chi connectivity index (χ0n) is 13.6. The number of carbonyl (C=O) groups is 1. The summed E-state index contributed by atoms with van der Waals surface area (Å²) >= 11 is 0. The molecular formula is C20H21NO3. The molecule has 0 heterocycles. The summed E-state index contributed by atoms with van der Waals surface area (Å²) in [7, 11) is 0. The lowest BCUT2D eigenvalue weighted by Crippen LogP contribution is -2.42. The first-order chi connectivity index (χ1) is 11.6. The summed E-state index contributed by atoms with van der Waals surface area (Å²) < 4.78 is 0. The average Bonchev–Trinajstić information content (AvgIpc) is 3.12. The van der Waals surface area contributed by atoms with Gasteiger partial charge in [0.15, 0.2) is 5.78 Å². The lowest BCUT2D eigenvalue weighted by molar-refractivity contribution is -0.573. The second-order valence-corrected chi connectivity index (χ2v) is 6.52. The van der Waals surface area contributed by atoms with Crippen molar-refractivity contribution >= 4 is 5.78 Å². The van der Waals surface area contributed by atoms with E-state index in [1.165, 1.54) is 0 Å². The molecule has 1 aliphatic carbocycles. The molecule has 1 atom stereocenters. The predicted molar refractivity (Wildman–Crippen MR) is 92.8 cm³/mol. The molecule has 1 unspecified atom stereocenters. The predicted octanol–water partition coefficient (Wildman–Crippen LogP) is 4.63. The Balaban J connectivity index is 1.97. The van der Waals surface area contributed by atoms with E-state index in [9.17, 15) is 14.9 Å². The number of ketones is 1. The Kier molecular flexibility index (Phi) is 4.74. The summed E-state index contributed by atoms with van der Waals surface area (Å²) in [4.78, 5) is 24.5. The topological polar surface area (TPSA) is 60.2 Å². The van der Waals surface area contributed by atoms with Gasteiger partial charge in [-0.05, 0) is 18.4 Å². The summed E-state index contributed by atoms with van der Waals surface area (Å²) in [6, 6.07) is 18.5. The minimum atomic E-state index is -1.02. The largest absolute Gasteiger partial charge is 0.294 e. The number of Topliss-reactive ketones (excluding diaryl/α,β-unsaturated/α-hetero) is 1. The van der Waals surface area contributed by atoms with Gasteiger partial charge in [0.25, 0.3) is 0 Å². The molecule has 4 heteroatoms. The number of hydrogen-bond donors (Lipinski definition) is 0. The van der Waals surface area contributed by atoms with Crippen LogP contribution in [0.25, 0.3) is 0 Å². The molecule has 0 saturated heterocycles. The number of hydrogen-bond acceptors (Lipinski definition) is 3. The van der Waals surface area contributed by atoms with Crippen molar-refractivity contribution in [2.75, 3.05) is 0 Å². The molecule has 1 saturated carbocycles. The van der Waals surface area contributed by atoms with Crippen molar-refractivity contribution in [1.82, 2.24) is 0 Å². The molecule has 0 bridgehead atoms. The number of nitro groups is 1. The van der Waals surface area contributed by atoms with Crippen LogP contribution in [-0.2, 0) is 0 Å². The molecule has 0 aromatic heterocycles. The first-order valence-corrected chi connectivity index (χ1v) is 8.41. The van der Waals surface area contributed by atoms with Gasteiger partial charge in [-0.25, -0.2) is 0 Å². The molecule has 0 aliphatic heterocycles. The lowest BCUT2D eigenvalue weighted by atomic mass is 9.75. The molecule has 0 radical (unpaired) electrons. The molecule has 1 aliphatic rings. The van der Waals surface area contributed by atoms with Crippen LogP contribution in [0.2, 0.25) is 0 Å². The van der Waals surface area contributed by atoms with Crippen LogP contribution in [0.5, 0.6) is 0 Å². The minimum Gasteiger partial charge on any atom is -0.294 e. The Morgan fingerprint density at radius 2 is 1.54 bits per heavy atom. The van der Waals surface area contributed by atoms with Crippen molar-refractivity contribution in [1.29, 1.82) is 0 Å². The maximum Gasteiger partial charge on any atom is 0.229 e. The lowest BCUT2D eigenvalue weighted by Gasteiger charge is -2.30. The molecule has 0 amide bonds. The van der Waals surface area contributed by atoms with Crippen molar-refractivity contribution in [2.24, 2.45) is 0 Å². The SMILES string of the molecule is O=C(CC(c1ccccc1)C1([N+](=O)[O-])CCCC1)c1ccccc1. The Hall–Kier alpha value is -2.49. The average molecular weight is 323 g/mol. The number of benzene rings is 2. The monoisotopic (exact) mass is 323 g/mol. The summed E-state index contributed by atoms with van der Waals surface area (Å²) in [5.74, 6) is -0.415. The summed E-state index contributed by atoms with van der Waals surface area (Å²) in [5, 5.41) is 12.0. The van der Waals surface area contributed by atoms with E-state index in [-0.39, 0.29) is 23.0 Å². The maximum absolute atomic E-state index is 12.7. The fourth-order valence-corrected chi connectivity index (χ4v) is 3.88. The molecule has 1 fully saturated rings. The van der Waals surface area contributed by atoms with Crippen LogP contribution in [0, 0.1) is 10.1 Å². The third kappa shape index (κ3) is 3.09.